The van der Waals surface area contributed by atoms with Gasteiger partial charge in [0.2, 0.25) is 0 Å². The van der Waals surface area contributed by atoms with Crippen molar-refractivity contribution in [3.63, 3.8) is 0 Å². The number of benzene rings is 1. The molecule has 1 N–H and O–H groups in total. The van der Waals surface area contributed by atoms with Gasteiger partial charge in [0.25, 0.3) is 0 Å². The van der Waals surface area contributed by atoms with Gasteiger partial charge in [-0.25, -0.2) is 4.39 Å². The second kappa shape index (κ2) is 5.01. The van der Waals surface area contributed by atoms with Gasteiger partial charge in [-0.3, -0.25) is 4.79 Å². The van der Waals surface area contributed by atoms with Crippen LogP contribution in [0, 0.1) is 0 Å². The summed E-state index contributed by atoms with van der Waals surface area (Å²) in [5.41, 5.74) is -0.258. The van der Waals surface area contributed by atoms with Gasteiger partial charge in [0.15, 0.2) is 6.67 Å². The third kappa shape index (κ3) is 2.98. The van der Waals surface area contributed by atoms with Crippen molar-refractivity contribution in [1.29, 1.82) is 0 Å². The van der Waals surface area contributed by atoms with Gasteiger partial charge in [0.05, 0.1) is 0 Å². The molecule has 0 fully saturated rings. The molecule has 0 aromatic heterocycles. The smallest absolute Gasteiger partial charge is 0.303 e. The lowest BCUT2D eigenvalue weighted by Gasteiger charge is -2.16. The monoisotopic (exact) mass is 232 g/mol. The van der Waals surface area contributed by atoms with E-state index in [0.717, 1.165) is 6.07 Å². The molecule has 0 unspecified atom stereocenters. The van der Waals surface area contributed by atoms with E-state index in [0.29, 0.717) is 0 Å². The highest BCUT2D eigenvalue weighted by molar-refractivity contribution is 5.67. The van der Waals surface area contributed by atoms with Gasteiger partial charge in [0.1, 0.15) is 0 Å². The van der Waals surface area contributed by atoms with E-state index in [2.05, 4.69) is 0 Å². The summed E-state index contributed by atoms with van der Waals surface area (Å²) in [7, 11) is 0. The van der Waals surface area contributed by atoms with Crippen molar-refractivity contribution in [3.8, 4) is 0 Å². The predicted molar refractivity (Wildman–Crippen MR) is 52.3 cm³/mol. The van der Waals surface area contributed by atoms with Crippen molar-refractivity contribution in [2.75, 3.05) is 6.67 Å². The molecule has 1 aromatic rings. The summed E-state index contributed by atoms with van der Waals surface area (Å²) < 4.78 is 38.5. The maximum absolute atomic E-state index is 13.1. The Morgan fingerprint density at radius 3 is 2.50 bits per heavy atom. The van der Waals surface area contributed by atoms with Gasteiger partial charge in [-0.1, -0.05) is 24.3 Å². The molecule has 0 saturated heterocycles. The first-order valence-electron chi connectivity index (χ1n) is 4.71. The summed E-state index contributed by atoms with van der Waals surface area (Å²) in [6.07, 6.45) is -0.277. The van der Waals surface area contributed by atoms with E-state index in [1.54, 1.807) is 0 Å². The van der Waals surface area contributed by atoms with Crippen LogP contribution in [0.2, 0.25) is 0 Å². The first-order chi connectivity index (χ1) is 7.47. The minimum absolute atomic E-state index is 0.0267. The molecule has 0 radical (unpaired) electrons. The average Bonchev–Trinajstić information content (AvgIpc) is 2.26. The molecule has 0 saturated carbocycles. The van der Waals surface area contributed by atoms with Crippen LogP contribution < -0.4 is 0 Å². The topological polar surface area (TPSA) is 37.3 Å². The lowest BCUT2D eigenvalue weighted by Crippen LogP contribution is -2.18. The van der Waals surface area contributed by atoms with Gasteiger partial charge in [-0.05, 0) is 12.0 Å². The Morgan fingerprint density at radius 1 is 1.31 bits per heavy atom. The van der Waals surface area contributed by atoms with Crippen LogP contribution in [0.5, 0.6) is 0 Å². The molecule has 0 heterocycles. The second-order valence-electron chi connectivity index (χ2n) is 3.39. The third-order valence-electron chi connectivity index (χ3n) is 2.19. The maximum Gasteiger partial charge on any atom is 0.303 e. The molecule has 0 bridgehead atoms. The van der Waals surface area contributed by atoms with Crippen LogP contribution in [0.25, 0.3) is 0 Å². The Balaban J connectivity index is 2.96. The number of aryl methyl sites for hydroxylation is 1. The van der Waals surface area contributed by atoms with Crippen molar-refractivity contribution in [3.05, 3.63) is 35.4 Å². The highest BCUT2D eigenvalue weighted by Gasteiger charge is 2.33. The number of aliphatic carboxylic acids is 1. The molecular formula is C11H11F3O2. The molecule has 1 rings (SSSR count). The van der Waals surface area contributed by atoms with Crippen molar-refractivity contribution in [2.24, 2.45) is 0 Å². The third-order valence-corrected chi connectivity index (χ3v) is 2.19. The van der Waals surface area contributed by atoms with E-state index in [4.69, 9.17) is 5.11 Å². The zero-order valence-corrected chi connectivity index (χ0v) is 8.42. The summed E-state index contributed by atoms with van der Waals surface area (Å²) >= 11 is 0. The fourth-order valence-electron chi connectivity index (χ4n) is 1.41. The molecule has 0 aliphatic rings. The molecule has 0 aliphatic heterocycles. The fraction of sp³-hybridized carbons (Fsp3) is 0.364. The quantitative estimate of drug-likeness (QED) is 0.847. The summed E-state index contributed by atoms with van der Waals surface area (Å²) in [5.74, 6) is -4.62. The second-order valence-corrected chi connectivity index (χ2v) is 3.39. The Morgan fingerprint density at radius 2 is 1.94 bits per heavy atom. The van der Waals surface area contributed by atoms with E-state index in [-0.39, 0.29) is 18.4 Å². The number of carboxylic acid groups (broad SMARTS) is 1. The Bertz CT molecular complexity index is 377. The number of halogens is 3. The molecule has 5 heteroatoms. The number of carboxylic acids is 1. The highest BCUT2D eigenvalue weighted by Crippen LogP contribution is 2.31. The molecule has 2 nitrogen and oxygen atoms in total. The van der Waals surface area contributed by atoms with Crippen molar-refractivity contribution >= 4 is 5.97 Å². The summed E-state index contributed by atoms with van der Waals surface area (Å²) in [4.78, 5) is 10.3. The Hall–Kier alpha value is -1.52. The number of hydrogen-bond donors (Lipinski definition) is 1. The van der Waals surface area contributed by atoms with E-state index >= 15 is 0 Å². The van der Waals surface area contributed by atoms with Gasteiger partial charge >= 0.3 is 11.9 Å². The van der Waals surface area contributed by atoms with E-state index in [9.17, 15) is 18.0 Å². The minimum Gasteiger partial charge on any atom is -0.481 e. The molecule has 0 amide bonds. The van der Waals surface area contributed by atoms with Crippen molar-refractivity contribution in [2.45, 2.75) is 18.8 Å². The fourth-order valence-corrected chi connectivity index (χ4v) is 1.41. The van der Waals surface area contributed by atoms with Crippen LogP contribution >= 0.6 is 0 Å². The first kappa shape index (κ1) is 12.5. The maximum atomic E-state index is 13.1. The molecule has 0 atom stereocenters. The van der Waals surface area contributed by atoms with Crippen LogP contribution in [0.15, 0.2) is 24.3 Å². The Labute approximate surface area is 90.7 Å². The molecular weight excluding hydrogens is 221 g/mol. The summed E-state index contributed by atoms with van der Waals surface area (Å²) in [6, 6.07) is 5.41. The number of alkyl halides is 3. The number of hydrogen-bond acceptors (Lipinski definition) is 1. The van der Waals surface area contributed by atoms with Crippen LogP contribution in [-0.4, -0.2) is 17.8 Å². The molecule has 88 valence electrons. The average molecular weight is 232 g/mol. The standard InChI is InChI=1S/C11H11F3O2/c12-7-11(13,14)9-4-2-1-3-8(9)5-6-10(15)16/h1-4H,5-7H2,(H,15,16). The van der Waals surface area contributed by atoms with Crippen molar-refractivity contribution in [1.82, 2.24) is 0 Å². The van der Waals surface area contributed by atoms with Crippen LogP contribution in [-0.2, 0) is 17.1 Å². The molecule has 1 aromatic carbocycles. The summed E-state index contributed by atoms with van der Waals surface area (Å²) in [5, 5.41) is 8.46. The molecule has 0 aliphatic carbocycles. The normalized spacial score (nSPS) is 11.4. The largest absolute Gasteiger partial charge is 0.481 e. The van der Waals surface area contributed by atoms with Crippen molar-refractivity contribution < 1.29 is 23.1 Å². The summed E-state index contributed by atoms with van der Waals surface area (Å²) in [6.45, 7) is -1.78. The molecule has 0 spiro atoms. The van der Waals surface area contributed by atoms with Crippen LogP contribution in [0.1, 0.15) is 17.5 Å². The van der Waals surface area contributed by atoms with E-state index < -0.39 is 24.1 Å². The van der Waals surface area contributed by atoms with Crippen LogP contribution in [0.3, 0.4) is 0 Å². The van der Waals surface area contributed by atoms with Crippen LogP contribution in [0.4, 0.5) is 13.2 Å². The first-order valence-corrected chi connectivity index (χ1v) is 4.71. The van der Waals surface area contributed by atoms with Gasteiger partial charge < -0.3 is 5.11 Å². The van der Waals surface area contributed by atoms with E-state index in [1.807, 2.05) is 0 Å². The van der Waals surface area contributed by atoms with E-state index in [1.165, 1.54) is 18.2 Å². The number of carbonyl (C=O) groups is 1. The minimum atomic E-state index is -3.55. The predicted octanol–water partition coefficient (Wildman–Crippen LogP) is 2.77. The molecule has 16 heavy (non-hydrogen) atoms. The zero-order valence-electron chi connectivity index (χ0n) is 8.42. The zero-order chi connectivity index (χ0) is 12.2. The lowest BCUT2D eigenvalue weighted by atomic mass is 9.98. The lowest BCUT2D eigenvalue weighted by molar-refractivity contribution is -0.137. The number of rotatable bonds is 5. The highest BCUT2D eigenvalue weighted by atomic mass is 19.3. The SMILES string of the molecule is O=C(O)CCc1ccccc1C(F)(F)CF. The van der Waals surface area contributed by atoms with Gasteiger partial charge in [-0.15, -0.1) is 0 Å². The van der Waals surface area contributed by atoms with Gasteiger partial charge in [0, 0.05) is 12.0 Å². The van der Waals surface area contributed by atoms with Gasteiger partial charge in [-0.2, -0.15) is 8.78 Å². The Kier molecular flexibility index (Phi) is 3.93.